The molecule has 0 spiro atoms. The molecule has 1 fully saturated rings. The second-order valence-corrected chi connectivity index (χ2v) is 4.21. The SMILES string of the molecule is Nc1cc(F)cc(OCC2CCCCO2)c1N. The van der Waals surface area contributed by atoms with E-state index in [1.54, 1.807) is 0 Å². The lowest BCUT2D eigenvalue weighted by Crippen LogP contribution is -2.26. The number of nitrogens with two attached hydrogens (primary N) is 2. The Morgan fingerprint density at radius 1 is 1.35 bits per heavy atom. The first-order valence-electron chi connectivity index (χ1n) is 5.75. The van der Waals surface area contributed by atoms with Gasteiger partial charge in [0.05, 0.1) is 17.5 Å². The summed E-state index contributed by atoms with van der Waals surface area (Å²) in [6.07, 6.45) is 3.25. The van der Waals surface area contributed by atoms with Crippen LogP contribution in [0.15, 0.2) is 12.1 Å². The molecule has 1 aromatic rings. The molecular weight excluding hydrogens is 223 g/mol. The molecule has 17 heavy (non-hydrogen) atoms. The average Bonchev–Trinajstić information content (AvgIpc) is 2.33. The Balaban J connectivity index is 1.98. The number of hydrogen-bond acceptors (Lipinski definition) is 4. The van der Waals surface area contributed by atoms with E-state index in [4.69, 9.17) is 20.9 Å². The molecule has 0 saturated carbocycles. The van der Waals surface area contributed by atoms with Crippen LogP contribution in [0.1, 0.15) is 19.3 Å². The van der Waals surface area contributed by atoms with Crippen molar-refractivity contribution in [2.24, 2.45) is 0 Å². The third-order valence-electron chi connectivity index (χ3n) is 2.84. The fourth-order valence-corrected chi connectivity index (χ4v) is 1.85. The lowest BCUT2D eigenvalue weighted by molar-refractivity contribution is -0.0109. The first-order valence-corrected chi connectivity index (χ1v) is 5.75. The minimum absolute atomic E-state index is 0.0626. The molecule has 0 aromatic heterocycles. The number of benzene rings is 1. The summed E-state index contributed by atoms with van der Waals surface area (Å²) in [6, 6.07) is 2.42. The highest BCUT2D eigenvalue weighted by molar-refractivity contribution is 5.70. The molecule has 4 N–H and O–H groups in total. The predicted octanol–water partition coefficient (Wildman–Crippen LogP) is 1.94. The molecule has 0 aliphatic carbocycles. The smallest absolute Gasteiger partial charge is 0.147 e. The Bertz CT molecular complexity index is 392. The van der Waals surface area contributed by atoms with Gasteiger partial charge in [0, 0.05) is 12.7 Å². The van der Waals surface area contributed by atoms with Gasteiger partial charge in [-0.05, 0) is 25.3 Å². The Morgan fingerprint density at radius 2 is 2.18 bits per heavy atom. The first kappa shape index (κ1) is 12.0. The molecule has 0 amide bonds. The van der Waals surface area contributed by atoms with Crippen LogP contribution in [0.2, 0.25) is 0 Å². The molecule has 4 nitrogen and oxygen atoms in total. The van der Waals surface area contributed by atoms with Gasteiger partial charge in [-0.15, -0.1) is 0 Å². The van der Waals surface area contributed by atoms with E-state index in [2.05, 4.69) is 0 Å². The van der Waals surface area contributed by atoms with Crippen LogP contribution in [-0.4, -0.2) is 19.3 Å². The fraction of sp³-hybridized carbons (Fsp3) is 0.500. The number of nitrogen functional groups attached to an aromatic ring is 2. The lowest BCUT2D eigenvalue weighted by Gasteiger charge is -2.23. The summed E-state index contributed by atoms with van der Waals surface area (Å²) in [5, 5.41) is 0. The Hall–Kier alpha value is -1.49. The highest BCUT2D eigenvalue weighted by Gasteiger charge is 2.15. The quantitative estimate of drug-likeness (QED) is 0.792. The molecule has 0 radical (unpaired) electrons. The molecule has 1 atom stereocenters. The number of rotatable bonds is 3. The van der Waals surface area contributed by atoms with Crippen LogP contribution in [0.3, 0.4) is 0 Å². The van der Waals surface area contributed by atoms with E-state index in [1.165, 1.54) is 12.1 Å². The fourth-order valence-electron chi connectivity index (χ4n) is 1.85. The van der Waals surface area contributed by atoms with E-state index in [9.17, 15) is 4.39 Å². The summed E-state index contributed by atoms with van der Waals surface area (Å²) in [6.45, 7) is 1.14. The molecule has 94 valence electrons. The third-order valence-corrected chi connectivity index (χ3v) is 2.84. The second kappa shape index (κ2) is 5.23. The van der Waals surface area contributed by atoms with Crippen LogP contribution in [0, 0.1) is 5.82 Å². The van der Waals surface area contributed by atoms with Crippen molar-refractivity contribution < 1.29 is 13.9 Å². The molecule has 2 rings (SSSR count). The van der Waals surface area contributed by atoms with Gasteiger partial charge >= 0.3 is 0 Å². The van der Waals surface area contributed by atoms with Crippen LogP contribution in [0.25, 0.3) is 0 Å². The number of halogens is 1. The van der Waals surface area contributed by atoms with E-state index in [-0.39, 0.29) is 23.2 Å². The normalized spacial score (nSPS) is 20.2. The zero-order valence-corrected chi connectivity index (χ0v) is 9.62. The topological polar surface area (TPSA) is 70.5 Å². The van der Waals surface area contributed by atoms with Gasteiger partial charge in [0.15, 0.2) is 0 Å². The van der Waals surface area contributed by atoms with Crippen LogP contribution < -0.4 is 16.2 Å². The van der Waals surface area contributed by atoms with E-state index < -0.39 is 5.82 Å². The summed E-state index contributed by atoms with van der Waals surface area (Å²) in [5.74, 6) is -0.159. The van der Waals surface area contributed by atoms with Gasteiger partial charge in [0.2, 0.25) is 0 Å². The van der Waals surface area contributed by atoms with E-state index in [0.29, 0.717) is 6.61 Å². The third kappa shape index (κ3) is 3.00. The highest BCUT2D eigenvalue weighted by atomic mass is 19.1. The molecule has 1 unspecified atom stereocenters. The van der Waals surface area contributed by atoms with Crippen molar-refractivity contribution in [2.45, 2.75) is 25.4 Å². The minimum atomic E-state index is -0.448. The van der Waals surface area contributed by atoms with Gasteiger partial charge in [-0.25, -0.2) is 4.39 Å². The van der Waals surface area contributed by atoms with Crippen molar-refractivity contribution in [1.29, 1.82) is 0 Å². The van der Waals surface area contributed by atoms with Crippen molar-refractivity contribution >= 4 is 11.4 Å². The number of ether oxygens (including phenoxy) is 2. The minimum Gasteiger partial charge on any atom is -0.489 e. The Kier molecular flexibility index (Phi) is 3.68. The number of hydrogen-bond donors (Lipinski definition) is 2. The zero-order valence-electron chi connectivity index (χ0n) is 9.62. The second-order valence-electron chi connectivity index (χ2n) is 4.21. The van der Waals surface area contributed by atoms with Crippen LogP contribution in [0.5, 0.6) is 5.75 Å². The van der Waals surface area contributed by atoms with Crippen molar-refractivity contribution in [2.75, 3.05) is 24.7 Å². The van der Waals surface area contributed by atoms with E-state index in [0.717, 1.165) is 25.9 Å². The average molecular weight is 240 g/mol. The van der Waals surface area contributed by atoms with Gasteiger partial charge in [0.25, 0.3) is 0 Å². The molecule has 1 aromatic carbocycles. The van der Waals surface area contributed by atoms with Crippen LogP contribution in [-0.2, 0) is 4.74 Å². The summed E-state index contributed by atoms with van der Waals surface area (Å²) >= 11 is 0. The zero-order chi connectivity index (χ0) is 12.3. The van der Waals surface area contributed by atoms with Gasteiger partial charge < -0.3 is 20.9 Å². The van der Waals surface area contributed by atoms with Crippen molar-refractivity contribution in [3.8, 4) is 5.75 Å². The largest absolute Gasteiger partial charge is 0.489 e. The maximum absolute atomic E-state index is 13.1. The standard InChI is InChI=1S/C12H17FN2O2/c13-8-5-10(14)12(15)11(6-8)17-7-9-3-1-2-4-16-9/h5-6,9H,1-4,7,14-15H2. The van der Waals surface area contributed by atoms with Crippen molar-refractivity contribution in [1.82, 2.24) is 0 Å². The van der Waals surface area contributed by atoms with Crippen molar-refractivity contribution in [3.63, 3.8) is 0 Å². The maximum atomic E-state index is 13.1. The predicted molar refractivity (Wildman–Crippen MR) is 64.3 cm³/mol. The lowest BCUT2D eigenvalue weighted by atomic mass is 10.1. The molecule has 1 aliphatic heterocycles. The number of anilines is 2. The first-order chi connectivity index (χ1) is 8.16. The monoisotopic (exact) mass is 240 g/mol. The molecule has 1 aliphatic rings. The molecular formula is C12H17FN2O2. The summed E-state index contributed by atoms with van der Waals surface area (Å²) in [5.41, 5.74) is 11.7. The maximum Gasteiger partial charge on any atom is 0.147 e. The van der Waals surface area contributed by atoms with Gasteiger partial charge in [0.1, 0.15) is 18.2 Å². The Morgan fingerprint density at radius 3 is 2.88 bits per heavy atom. The van der Waals surface area contributed by atoms with E-state index in [1.807, 2.05) is 0 Å². The highest BCUT2D eigenvalue weighted by Crippen LogP contribution is 2.29. The molecule has 5 heteroatoms. The van der Waals surface area contributed by atoms with Crippen LogP contribution in [0.4, 0.5) is 15.8 Å². The molecule has 0 bridgehead atoms. The Labute approximate surface area is 99.7 Å². The summed E-state index contributed by atoms with van der Waals surface area (Å²) in [4.78, 5) is 0. The van der Waals surface area contributed by atoms with Gasteiger partial charge in [-0.3, -0.25) is 0 Å². The van der Waals surface area contributed by atoms with Crippen LogP contribution >= 0.6 is 0 Å². The van der Waals surface area contributed by atoms with E-state index >= 15 is 0 Å². The van der Waals surface area contributed by atoms with Crippen molar-refractivity contribution in [3.05, 3.63) is 17.9 Å². The van der Waals surface area contributed by atoms with Gasteiger partial charge in [-0.1, -0.05) is 0 Å². The summed E-state index contributed by atoms with van der Waals surface area (Å²) in [7, 11) is 0. The van der Waals surface area contributed by atoms with Gasteiger partial charge in [-0.2, -0.15) is 0 Å². The summed E-state index contributed by atoms with van der Waals surface area (Å²) < 4.78 is 24.1. The molecule has 1 saturated heterocycles. The molecule has 1 heterocycles.